The van der Waals surface area contributed by atoms with E-state index in [1.165, 1.54) is 12.1 Å². The van der Waals surface area contributed by atoms with Crippen LogP contribution in [0.4, 0.5) is 4.39 Å². The Bertz CT molecular complexity index is 1470. The Hall–Kier alpha value is -4.13. The van der Waals surface area contributed by atoms with Gasteiger partial charge in [-0.1, -0.05) is 55.5 Å². The summed E-state index contributed by atoms with van der Waals surface area (Å²) < 4.78 is 22.3. The van der Waals surface area contributed by atoms with Crippen LogP contribution in [-0.2, 0) is 28.9 Å². The zero-order valence-corrected chi connectivity index (χ0v) is 22.8. The average molecular weight is 543 g/mol. The lowest BCUT2D eigenvalue weighted by molar-refractivity contribution is -0.141. The fourth-order valence-electron chi connectivity index (χ4n) is 5.97. The maximum Gasteiger partial charge on any atom is 0.326 e. The van der Waals surface area contributed by atoms with Gasteiger partial charge < -0.3 is 19.3 Å². The summed E-state index contributed by atoms with van der Waals surface area (Å²) in [5, 5.41) is 10.7. The Morgan fingerprint density at radius 3 is 2.50 bits per heavy atom. The van der Waals surface area contributed by atoms with Gasteiger partial charge in [-0.3, -0.25) is 4.79 Å². The number of amides is 1. The maximum atomic E-state index is 14.4. The van der Waals surface area contributed by atoms with Crippen molar-refractivity contribution in [2.75, 3.05) is 13.2 Å². The first-order chi connectivity index (χ1) is 19.5. The zero-order chi connectivity index (χ0) is 28.1. The third-order valence-corrected chi connectivity index (χ3v) is 7.90. The van der Waals surface area contributed by atoms with Crippen LogP contribution in [-0.4, -0.2) is 45.6 Å². The number of fused-ring (bicyclic) bond motifs is 3. The summed E-state index contributed by atoms with van der Waals surface area (Å²) in [5.41, 5.74) is 3.72. The van der Waals surface area contributed by atoms with Crippen molar-refractivity contribution < 1.29 is 23.8 Å². The summed E-state index contributed by atoms with van der Waals surface area (Å²) in [5.74, 6) is -0.446. The number of carboxylic acid groups (broad SMARTS) is 1. The van der Waals surface area contributed by atoms with Crippen molar-refractivity contribution in [1.29, 1.82) is 0 Å². The number of aliphatic carboxylic acids is 1. The van der Waals surface area contributed by atoms with E-state index >= 15 is 0 Å². The quantitative estimate of drug-likeness (QED) is 0.245. The molecule has 6 nitrogen and oxygen atoms in total. The first kappa shape index (κ1) is 27.4. The lowest BCUT2D eigenvalue weighted by atomic mass is 9.89. The van der Waals surface area contributed by atoms with Crippen LogP contribution < -0.4 is 4.74 Å². The highest BCUT2D eigenvalue weighted by Crippen LogP contribution is 2.37. The highest BCUT2D eigenvalue weighted by Gasteiger charge is 2.33. The van der Waals surface area contributed by atoms with E-state index in [1.807, 2.05) is 77.1 Å². The molecular weight excluding hydrogens is 507 g/mol. The van der Waals surface area contributed by atoms with E-state index in [-0.39, 0.29) is 17.8 Å². The predicted octanol–water partition coefficient (Wildman–Crippen LogP) is 6.21. The first-order valence-electron chi connectivity index (χ1n) is 14.0. The van der Waals surface area contributed by atoms with Gasteiger partial charge >= 0.3 is 5.97 Å². The number of hydrogen-bond acceptors (Lipinski definition) is 3. The molecule has 1 heterocycles. The van der Waals surface area contributed by atoms with E-state index in [2.05, 4.69) is 0 Å². The van der Waals surface area contributed by atoms with Crippen molar-refractivity contribution in [2.45, 2.75) is 57.5 Å². The number of hydrogen-bond donors (Lipinski definition) is 1. The zero-order valence-electron chi connectivity index (χ0n) is 22.8. The Labute approximate surface area is 234 Å². The minimum Gasteiger partial charge on any atom is -0.492 e. The molecule has 0 bridgehead atoms. The Morgan fingerprint density at radius 2 is 1.80 bits per heavy atom. The third kappa shape index (κ3) is 5.88. The topological polar surface area (TPSA) is 71.8 Å². The lowest BCUT2D eigenvalue weighted by Crippen LogP contribution is -2.45. The molecule has 1 aliphatic rings. The fourth-order valence-corrected chi connectivity index (χ4v) is 5.97. The number of aryl methyl sites for hydroxylation is 1. The molecule has 0 saturated heterocycles. The molecule has 0 aliphatic heterocycles. The van der Waals surface area contributed by atoms with Crippen molar-refractivity contribution in [3.05, 3.63) is 102 Å². The number of para-hydroxylation sites is 1. The fraction of sp³-hybridized carbons (Fsp3) is 0.333. The smallest absolute Gasteiger partial charge is 0.326 e. The number of carbonyl (C=O) groups excluding carboxylic acids is 1. The molecule has 3 aromatic carbocycles. The molecule has 2 unspecified atom stereocenters. The number of nitrogens with zero attached hydrogens (tertiary/aromatic N) is 2. The summed E-state index contributed by atoms with van der Waals surface area (Å²) >= 11 is 0. The molecule has 0 radical (unpaired) electrons. The van der Waals surface area contributed by atoms with Crippen LogP contribution in [0.2, 0.25) is 0 Å². The number of carbonyl (C=O) groups is 2. The molecule has 4 aromatic rings. The summed E-state index contributed by atoms with van der Waals surface area (Å²) in [6, 6.07) is 23.3. The van der Waals surface area contributed by atoms with E-state index in [0.29, 0.717) is 51.7 Å². The lowest BCUT2D eigenvalue weighted by Gasteiger charge is -2.35. The van der Waals surface area contributed by atoms with Crippen molar-refractivity contribution >= 4 is 22.8 Å². The van der Waals surface area contributed by atoms with Gasteiger partial charge in [0.2, 0.25) is 5.91 Å². The third-order valence-electron chi connectivity index (χ3n) is 7.90. The molecule has 1 aliphatic carbocycles. The monoisotopic (exact) mass is 542 g/mol. The molecule has 7 heteroatoms. The van der Waals surface area contributed by atoms with Gasteiger partial charge in [0.1, 0.15) is 24.2 Å². The Balaban J connectivity index is 1.43. The predicted molar refractivity (Wildman–Crippen MR) is 153 cm³/mol. The van der Waals surface area contributed by atoms with Crippen LogP contribution in [0.25, 0.3) is 10.9 Å². The summed E-state index contributed by atoms with van der Waals surface area (Å²) in [6.45, 7) is 2.64. The molecule has 0 saturated carbocycles. The van der Waals surface area contributed by atoms with Gasteiger partial charge in [-0.2, -0.15) is 0 Å². The largest absolute Gasteiger partial charge is 0.492 e. The number of rotatable bonds is 11. The van der Waals surface area contributed by atoms with Crippen molar-refractivity contribution in [2.24, 2.45) is 0 Å². The van der Waals surface area contributed by atoms with E-state index < -0.39 is 12.0 Å². The van der Waals surface area contributed by atoms with Gasteiger partial charge in [-0.15, -0.1) is 0 Å². The number of ether oxygens (including phenoxy) is 1. The molecule has 1 aromatic heterocycles. The standard InChI is InChI=1S/C33H35FN2O4/c1-2-29(33(38)39)36-30-16-14-24(34)21-27(30)28-22-25(15-17-31(28)36)35(19-20-40-26-11-7-4-8-12-26)32(37)18-13-23-9-5-3-6-10-23/h3-12,14,16,21,25,29H,2,13,15,17-20,22H2,1H3,(H,38,39). The van der Waals surface area contributed by atoms with Gasteiger partial charge in [0.15, 0.2) is 0 Å². The van der Waals surface area contributed by atoms with Crippen LogP contribution >= 0.6 is 0 Å². The van der Waals surface area contributed by atoms with E-state index in [4.69, 9.17) is 4.74 Å². The first-order valence-corrected chi connectivity index (χ1v) is 14.0. The molecule has 0 spiro atoms. The van der Waals surface area contributed by atoms with Crippen LogP contribution in [0.15, 0.2) is 78.9 Å². The van der Waals surface area contributed by atoms with Crippen LogP contribution in [0, 0.1) is 5.82 Å². The number of halogens is 1. The van der Waals surface area contributed by atoms with Gasteiger partial charge in [0, 0.05) is 29.1 Å². The van der Waals surface area contributed by atoms with Crippen LogP contribution in [0.5, 0.6) is 5.75 Å². The van der Waals surface area contributed by atoms with Gasteiger partial charge in [-0.05, 0) is 73.6 Å². The van der Waals surface area contributed by atoms with Crippen molar-refractivity contribution in [3.63, 3.8) is 0 Å². The van der Waals surface area contributed by atoms with E-state index in [9.17, 15) is 19.1 Å². The highest BCUT2D eigenvalue weighted by molar-refractivity contribution is 5.88. The molecule has 1 amide bonds. The minimum atomic E-state index is -0.899. The Morgan fingerprint density at radius 1 is 1.07 bits per heavy atom. The summed E-state index contributed by atoms with van der Waals surface area (Å²) in [6.07, 6.45) is 3.31. The molecule has 1 N–H and O–H groups in total. The maximum absolute atomic E-state index is 14.4. The van der Waals surface area contributed by atoms with Crippen molar-refractivity contribution in [3.8, 4) is 5.75 Å². The van der Waals surface area contributed by atoms with Gasteiger partial charge in [-0.25, -0.2) is 9.18 Å². The summed E-state index contributed by atoms with van der Waals surface area (Å²) in [7, 11) is 0. The molecule has 208 valence electrons. The van der Waals surface area contributed by atoms with E-state index in [1.54, 1.807) is 6.07 Å². The number of carboxylic acids is 1. The van der Waals surface area contributed by atoms with E-state index in [0.717, 1.165) is 33.5 Å². The van der Waals surface area contributed by atoms with Gasteiger partial charge in [0.05, 0.1) is 6.54 Å². The SMILES string of the molecule is CCC(C(=O)O)n1c2c(c3cc(F)ccc31)CC(N(CCOc1ccccc1)C(=O)CCc1ccccc1)CC2. The van der Waals surface area contributed by atoms with Crippen molar-refractivity contribution in [1.82, 2.24) is 9.47 Å². The summed E-state index contributed by atoms with van der Waals surface area (Å²) in [4.78, 5) is 27.7. The molecule has 40 heavy (non-hydrogen) atoms. The van der Waals surface area contributed by atoms with Crippen LogP contribution in [0.1, 0.15) is 49.0 Å². The second-order valence-electron chi connectivity index (χ2n) is 10.3. The highest BCUT2D eigenvalue weighted by atomic mass is 19.1. The number of benzene rings is 3. The average Bonchev–Trinajstić information content (AvgIpc) is 3.28. The second-order valence-corrected chi connectivity index (χ2v) is 10.3. The second kappa shape index (κ2) is 12.4. The Kier molecular flexibility index (Phi) is 8.48. The molecule has 2 atom stereocenters. The number of aromatic nitrogens is 1. The normalized spacial score (nSPS) is 15.4. The van der Waals surface area contributed by atoms with Crippen LogP contribution in [0.3, 0.4) is 0 Å². The molecule has 5 rings (SSSR count). The molecule has 0 fully saturated rings. The van der Waals surface area contributed by atoms with Gasteiger partial charge in [0.25, 0.3) is 0 Å². The minimum absolute atomic E-state index is 0.0563. The molecular formula is C33H35FN2O4.